The van der Waals surface area contributed by atoms with Gasteiger partial charge in [0.1, 0.15) is 11.9 Å². The van der Waals surface area contributed by atoms with Gasteiger partial charge in [0.15, 0.2) is 17.7 Å². The highest BCUT2D eigenvalue weighted by atomic mass is 19.1. The molecule has 2 atom stereocenters. The number of halogens is 1. The molecule has 0 spiro atoms. The fourth-order valence-electron chi connectivity index (χ4n) is 3.03. The number of phenols is 1. The summed E-state index contributed by atoms with van der Waals surface area (Å²) >= 11 is 0. The first-order chi connectivity index (χ1) is 15.0. The van der Waals surface area contributed by atoms with E-state index in [0.29, 0.717) is 11.4 Å². The van der Waals surface area contributed by atoms with Gasteiger partial charge in [0.05, 0.1) is 0 Å². The molecule has 0 fully saturated rings. The average Bonchev–Trinajstić information content (AvgIpc) is 2.76. The molecule has 6 nitrogen and oxygen atoms in total. The first kappa shape index (κ1) is 22.1. The van der Waals surface area contributed by atoms with E-state index in [0.717, 1.165) is 11.6 Å². The van der Waals surface area contributed by atoms with E-state index < -0.39 is 29.9 Å². The minimum atomic E-state index is -1.05. The van der Waals surface area contributed by atoms with Crippen LogP contribution in [0.15, 0.2) is 72.8 Å². The van der Waals surface area contributed by atoms with E-state index in [1.54, 1.807) is 36.4 Å². The number of ether oxygens (including phenoxy) is 2. The topological polar surface area (TPSA) is 88.0 Å². The van der Waals surface area contributed by atoms with Crippen molar-refractivity contribution in [3.8, 4) is 11.5 Å². The van der Waals surface area contributed by atoms with E-state index in [2.05, 4.69) is 5.32 Å². The van der Waals surface area contributed by atoms with Crippen LogP contribution in [0.25, 0.3) is 0 Å². The zero-order chi connectivity index (χ0) is 22.2. The number of phenolic OH excluding ortho intramolecular Hbond substituents is 1. The molecule has 3 aromatic rings. The molecular weight excluding hydrogens is 401 g/mol. The Morgan fingerprint density at radius 2 is 1.77 bits per heavy atom. The average molecular weight is 425 g/mol. The van der Waals surface area contributed by atoms with Crippen molar-refractivity contribution in [3.05, 3.63) is 89.7 Å². The van der Waals surface area contributed by atoms with Crippen molar-refractivity contribution in [2.45, 2.75) is 25.6 Å². The number of nitrogens with one attached hydrogen (secondary N) is 1. The van der Waals surface area contributed by atoms with Crippen LogP contribution < -0.4 is 10.1 Å². The minimum Gasteiger partial charge on any atom is -0.505 e. The molecule has 7 heteroatoms. The number of aryl methyl sites for hydroxylation is 1. The van der Waals surface area contributed by atoms with Crippen molar-refractivity contribution in [2.24, 2.45) is 0 Å². The zero-order valence-corrected chi connectivity index (χ0v) is 17.0. The summed E-state index contributed by atoms with van der Waals surface area (Å²) < 4.78 is 25.6. The van der Waals surface area contributed by atoms with Crippen molar-refractivity contribution in [2.75, 3.05) is 11.9 Å². The molecular formula is C24H24FNO5. The number of para-hydroxylation sites is 1. The van der Waals surface area contributed by atoms with Crippen LogP contribution in [-0.4, -0.2) is 29.0 Å². The summed E-state index contributed by atoms with van der Waals surface area (Å²) in [5, 5.41) is 21.7. The second-order valence-electron chi connectivity index (χ2n) is 7.01. The number of aromatic hydroxyl groups is 1. The Hall–Kier alpha value is -3.58. The van der Waals surface area contributed by atoms with Crippen LogP contribution in [0.1, 0.15) is 23.7 Å². The Morgan fingerprint density at radius 3 is 2.42 bits per heavy atom. The standard InChI is InChI=1S/C24H24FNO5/c1-16-7-10-18(11-8-16)26-24(29)31-23(17-9-12-21(28)20(25)15-17)22(13-14-27)30-19-5-3-2-4-6-19/h2-12,15,22-23,27-28H,13-14H2,1H3,(H,26,29)/t22-,23-/m1/s1. The van der Waals surface area contributed by atoms with Gasteiger partial charge in [0.25, 0.3) is 0 Å². The van der Waals surface area contributed by atoms with E-state index in [4.69, 9.17) is 9.47 Å². The third-order valence-corrected chi connectivity index (χ3v) is 4.61. The first-order valence-corrected chi connectivity index (χ1v) is 9.81. The van der Waals surface area contributed by atoms with Crippen LogP contribution in [-0.2, 0) is 4.74 Å². The fraction of sp³-hybridized carbons (Fsp3) is 0.208. The molecule has 0 saturated heterocycles. The Morgan fingerprint density at radius 1 is 1.06 bits per heavy atom. The van der Waals surface area contributed by atoms with Gasteiger partial charge in [-0.2, -0.15) is 0 Å². The Bertz CT molecular complexity index is 995. The van der Waals surface area contributed by atoms with Gasteiger partial charge in [-0.25, -0.2) is 9.18 Å². The smallest absolute Gasteiger partial charge is 0.412 e. The van der Waals surface area contributed by atoms with Crippen molar-refractivity contribution in [1.82, 2.24) is 0 Å². The van der Waals surface area contributed by atoms with Gasteiger partial charge in [-0.15, -0.1) is 0 Å². The van der Waals surface area contributed by atoms with Crippen molar-refractivity contribution in [3.63, 3.8) is 0 Å². The molecule has 0 saturated carbocycles. The predicted molar refractivity (Wildman–Crippen MR) is 115 cm³/mol. The monoisotopic (exact) mass is 425 g/mol. The second kappa shape index (κ2) is 10.4. The molecule has 3 aromatic carbocycles. The molecule has 0 unspecified atom stereocenters. The number of anilines is 1. The summed E-state index contributed by atoms with van der Waals surface area (Å²) in [6, 6.07) is 19.7. The highest BCUT2D eigenvalue weighted by molar-refractivity contribution is 5.84. The lowest BCUT2D eigenvalue weighted by Crippen LogP contribution is -2.31. The van der Waals surface area contributed by atoms with Crippen molar-refractivity contribution in [1.29, 1.82) is 0 Å². The number of hydrogen-bond donors (Lipinski definition) is 3. The third kappa shape index (κ3) is 6.20. The molecule has 0 aliphatic carbocycles. The zero-order valence-electron chi connectivity index (χ0n) is 17.0. The van der Waals surface area contributed by atoms with Crippen molar-refractivity contribution < 1.29 is 28.9 Å². The Kier molecular flexibility index (Phi) is 7.45. The molecule has 162 valence electrons. The fourth-order valence-corrected chi connectivity index (χ4v) is 3.03. The Balaban J connectivity index is 1.87. The summed E-state index contributed by atoms with van der Waals surface area (Å²) in [5.41, 5.74) is 1.85. The second-order valence-corrected chi connectivity index (χ2v) is 7.01. The highest BCUT2D eigenvalue weighted by Gasteiger charge is 2.30. The molecule has 0 aromatic heterocycles. The lowest BCUT2D eigenvalue weighted by Gasteiger charge is -2.28. The summed E-state index contributed by atoms with van der Waals surface area (Å²) in [6.45, 7) is 1.69. The quantitative estimate of drug-likeness (QED) is 0.475. The Labute approximate surface area is 179 Å². The van der Waals surface area contributed by atoms with Crippen LogP contribution in [0.3, 0.4) is 0 Å². The molecule has 0 aliphatic heterocycles. The first-order valence-electron chi connectivity index (χ1n) is 9.81. The van der Waals surface area contributed by atoms with Crippen LogP contribution >= 0.6 is 0 Å². The molecule has 0 radical (unpaired) electrons. The number of carbonyl (C=O) groups excluding carboxylic acids is 1. The van der Waals surface area contributed by atoms with Gasteiger partial charge in [-0.3, -0.25) is 5.32 Å². The number of carbonyl (C=O) groups is 1. The van der Waals surface area contributed by atoms with Crippen molar-refractivity contribution >= 4 is 11.8 Å². The molecule has 0 heterocycles. The SMILES string of the molecule is Cc1ccc(NC(=O)O[C@H](c2ccc(O)c(F)c2)[C@@H](CCO)Oc2ccccc2)cc1. The third-order valence-electron chi connectivity index (χ3n) is 4.61. The van der Waals surface area contributed by atoms with Gasteiger partial charge in [-0.1, -0.05) is 42.0 Å². The van der Waals surface area contributed by atoms with E-state index in [-0.39, 0.29) is 18.6 Å². The normalized spacial score (nSPS) is 12.6. The molecule has 3 N–H and O–H groups in total. The molecule has 0 aliphatic rings. The number of hydrogen-bond acceptors (Lipinski definition) is 5. The van der Waals surface area contributed by atoms with Crippen LogP contribution in [0, 0.1) is 12.7 Å². The van der Waals surface area contributed by atoms with E-state index in [9.17, 15) is 19.4 Å². The maximum Gasteiger partial charge on any atom is 0.412 e. The lowest BCUT2D eigenvalue weighted by atomic mass is 10.0. The number of amides is 1. The molecule has 1 amide bonds. The number of benzene rings is 3. The van der Waals surface area contributed by atoms with E-state index in [1.807, 2.05) is 25.1 Å². The van der Waals surface area contributed by atoms with E-state index >= 15 is 0 Å². The maximum atomic E-state index is 14.0. The number of rotatable bonds is 8. The number of aliphatic hydroxyl groups excluding tert-OH is 1. The maximum absolute atomic E-state index is 14.0. The van der Waals surface area contributed by atoms with Gasteiger partial charge >= 0.3 is 6.09 Å². The molecule has 0 bridgehead atoms. The van der Waals surface area contributed by atoms with Gasteiger partial charge in [0.2, 0.25) is 0 Å². The summed E-state index contributed by atoms with van der Waals surface area (Å²) in [7, 11) is 0. The highest BCUT2D eigenvalue weighted by Crippen LogP contribution is 2.30. The molecule has 31 heavy (non-hydrogen) atoms. The molecule has 3 rings (SSSR count). The predicted octanol–water partition coefficient (Wildman–Crippen LogP) is 4.96. The van der Waals surface area contributed by atoms with Crippen LogP contribution in [0.2, 0.25) is 0 Å². The van der Waals surface area contributed by atoms with Gasteiger partial charge in [0, 0.05) is 18.7 Å². The van der Waals surface area contributed by atoms with Gasteiger partial charge < -0.3 is 19.7 Å². The summed E-state index contributed by atoms with van der Waals surface area (Å²) in [6.07, 6.45) is -2.49. The lowest BCUT2D eigenvalue weighted by molar-refractivity contribution is 0.00892. The largest absolute Gasteiger partial charge is 0.505 e. The summed E-state index contributed by atoms with van der Waals surface area (Å²) in [5.74, 6) is -0.866. The van der Waals surface area contributed by atoms with Gasteiger partial charge in [-0.05, 0) is 48.9 Å². The van der Waals surface area contributed by atoms with E-state index in [1.165, 1.54) is 12.1 Å². The number of aliphatic hydroxyl groups is 1. The van der Waals surface area contributed by atoms with Crippen LogP contribution in [0.4, 0.5) is 14.9 Å². The van der Waals surface area contributed by atoms with Crippen LogP contribution in [0.5, 0.6) is 11.5 Å². The summed E-state index contributed by atoms with van der Waals surface area (Å²) in [4.78, 5) is 12.6. The minimum absolute atomic E-state index is 0.125.